The fraction of sp³-hybridized carbons (Fsp3) is 0.455. The molecule has 1 saturated carbocycles. The third-order valence-corrected chi connectivity index (χ3v) is 6.83. The van der Waals surface area contributed by atoms with Crippen molar-refractivity contribution >= 4 is 36.0 Å². The normalized spacial score (nSPS) is 13.3. The van der Waals surface area contributed by atoms with Crippen LogP contribution in [0.3, 0.4) is 0 Å². The summed E-state index contributed by atoms with van der Waals surface area (Å²) in [5.74, 6) is -3.17. The number of carbonyl (C=O) groups excluding carboxylic acids is 4. The first-order chi connectivity index (χ1) is 21.6. The Labute approximate surface area is 267 Å². The van der Waals surface area contributed by atoms with Crippen molar-refractivity contribution in [3.63, 3.8) is 0 Å². The van der Waals surface area contributed by atoms with E-state index in [-0.39, 0.29) is 40.6 Å². The number of esters is 2. The molecule has 0 aliphatic heterocycles. The van der Waals surface area contributed by atoms with Gasteiger partial charge in [-0.1, -0.05) is 26.5 Å². The number of nitrogens with one attached hydrogen (secondary N) is 2. The minimum atomic E-state index is -1.28. The first-order valence-corrected chi connectivity index (χ1v) is 14.9. The van der Waals surface area contributed by atoms with E-state index in [0.29, 0.717) is 23.8 Å². The zero-order valence-corrected chi connectivity index (χ0v) is 26.9. The molecule has 1 aliphatic carbocycles. The lowest BCUT2D eigenvalue weighted by Gasteiger charge is -2.24. The van der Waals surface area contributed by atoms with Crippen LogP contribution in [0.4, 0.5) is 4.79 Å². The van der Waals surface area contributed by atoms with E-state index in [1.165, 1.54) is 37.5 Å². The summed E-state index contributed by atoms with van der Waals surface area (Å²) in [6.07, 6.45) is 2.69. The lowest BCUT2D eigenvalue weighted by Crippen LogP contribution is -2.47. The number of carboxylic acid groups (broad SMARTS) is 1. The lowest BCUT2D eigenvalue weighted by atomic mass is 9.95. The second-order valence-electron chi connectivity index (χ2n) is 12.1. The highest BCUT2D eigenvalue weighted by atomic mass is 16.6. The first-order valence-electron chi connectivity index (χ1n) is 14.9. The highest BCUT2D eigenvalue weighted by molar-refractivity contribution is 6.03. The van der Waals surface area contributed by atoms with E-state index >= 15 is 0 Å². The van der Waals surface area contributed by atoms with Gasteiger partial charge in [-0.3, -0.25) is 4.79 Å². The van der Waals surface area contributed by atoms with Gasteiger partial charge < -0.3 is 34.7 Å². The summed E-state index contributed by atoms with van der Waals surface area (Å²) in [5.41, 5.74) is -0.735. The van der Waals surface area contributed by atoms with E-state index in [9.17, 15) is 29.1 Å². The molecule has 13 nitrogen and oxygen atoms in total. The maximum Gasteiger partial charge on any atom is 0.408 e. The molecule has 1 aliphatic rings. The second-order valence-corrected chi connectivity index (χ2v) is 12.1. The van der Waals surface area contributed by atoms with Crippen LogP contribution in [0.25, 0.3) is 17.2 Å². The molecule has 3 rings (SSSR count). The molecule has 248 valence electrons. The van der Waals surface area contributed by atoms with Crippen LogP contribution in [-0.4, -0.2) is 78.5 Å². The third kappa shape index (κ3) is 9.78. The number of pyridine rings is 1. The molecule has 2 aromatic rings. The Morgan fingerprint density at radius 3 is 2.30 bits per heavy atom. The van der Waals surface area contributed by atoms with Gasteiger partial charge in [0.2, 0.25) is 0 Å². The molecule has 3 N–H and O–H groups in total. The number of carbonyl (C=O) groups is 5. The summed E-state index contributed by atoms with van der Waals surface area (Å²) in [6.45, 7) is 11.9. The number of carboxylic acids is 1. The van der Waals surface area contributed by atoms with Crippen LogP contribution in [0, 0.1) is 11.8 Å². The Morgan fingerprint density at radius 2 is 1.74 bits per heavy atom. The molecule has 0 spiro atoms. The van der Waals surface area contributed by atoms with E-state index in [4.69, 9.17) is 18.9 Å². The van der Waals surface area contributed by atoms with Crippen molar-refractivity contribution in [3.05, 3.63) is 53.4 Å². The number of aromatic nitrogens is 1. The van der Waals surface area contributed by atoms with Crippen LogP contribution in [0.1, 0.15) is 84.4 Å². The molecule has 1 atom stereocenters. The Kier molecular flexibility index (Phi) is 11.9. The minimum absolute atomic E-state index is 0.0673. The van der Waals surface area contributed by atoms with Crippen LogP contribution >= 0.6 is 0 Å². The second kappa shape index (κ2) is 15.4. The van der Waals surface area contributed by atoms with Crippen LogP contribution in [0.5, 0.6) is 5.75 Å². The van der Waals surface area contributed by atoms with Gasteiger partial charge in [0.1, 0.15) is 36.3 Å². The van der Waals surface area contributed by atoms with Gasteiger partial charge in [0.05, 0.1) is 12.7 Å². The van der Waals surface area contributed by atoms with Gasteiger partial charge >= 0.3 is 24.0 Å². The van der Waals surface area contributed by atoms with E-state index < -0.39 is 48.2 Å². The van der Waals surface area contributed by atoms with Gasteiger partial charge in [0.15, 0.2) is 5.69 Å². The summed E-state index contributed by atoms with van der Waals surface area (Å²) in [5, 5.41) is 15.2. The number of ether oxygens (including phenoxy) is 4. The van der Waals surface area contributed by atoms with Crippen molar-refractivity contribution in [3.8, 4) is 16.9 Å². The fourth-order valence-electron chi connectivity index (χ4n) is 4.31. The van der Waals surface area contributed by atoms with E-state index in [2.05, 4.69) is 22.2 Å². The molecule has 46 heavy (non-hydrogen) atoms. The summed E-state index contributed by atoms with van der Waals surface area (Å²) in [4.78, 5) is 67.6. The molecule has 0 radical (unpaired) electrons. The summed E-state index contributed by atoms with van der Waals surface area (Å²) in [7, 11) is 1.40. The number of nitrogens with zero attached hydrogens (tertiary/aromatic N) is 1. The fourth-order valence-corrected chi connectivity index (χ4v) is 4.31. The smallest absolute Gasteiger partial charge is 0.408 e. The zero-order chi connectivity index (χ0) is 34.2. The molecule has 2 amide bonds. The molecule has 0 bridgehead atoms. The van der Waals surface area contributed by atoms with Gasteiger partial charge in [-0.2, -0.15) is 0 Å². The number of alkyl carbamates (subject to hydrolysis) is 1. The van der Waals surface area contributed by atoms with Gasteiger partial charge in [-0.25, -0.2) is 24.2 Å². The quantitative estimate of drug-likeness (QED) is 0.151. The van der Waals surface area contributed by atoms with Gasteiger partial charge in [0.25, 0.3) is 5.91 Å². The number of hydrogen-bond donors (Lipinski definition) is 3. The SMILES string of the molecule is C=Cc1cc(C(=O)O)c(-c2ccc(C(=O)NCC3CC3)nc2C(=O)OCCOC(=O)C(NC(=O)OC(C)(C)C)C(C)C)cc1OC. The van der Waals surface area contributed by atoms with Gasteiger partial charge in [-0.15, -0.1) is 0 Å². The Morgan fingerprint density at radius 1 is 1.07 bits per heavy atom. The average molecular weight is 640 g/mol. The molecule has 1 fully saturated rings. The zero-order valence-electron chi connectivity index (χ0n) is 26.9. The predicted molar refractivity (Wildman–Crippen MR) is 168 cm³/mol. The maximum atomic E-state index is 13.4. The van der Waals surface area contributed by atoms with E-state index in [1.807, 2.05) is 0 Å². The number of hydrogen-bond acceptors (Lipinski definition) is 10. The Bertz CT molecular complexity index is 1490. The largest absolute Gasteiger partial charge is 0.496 e. The highest BCUT2D eigenvalue weighted by Crippen LogP contribution is 2.34. The molecule has 1 unspecified atom stereocenters. The van der Waals surface area contributed by atoms with Crippen molar-refractivity contribution < 1.29 is 48.0 Å². The standard InChI is InChI=1S/C33H41N3O10/c1-8-20-15-23(29(38)39)22(16-25(20)43-7)21-11-12-24(28(37)34-17-19-9-10-19)35-27(21)31(41)45-14-13-44-30(40)26(18(2)3)36-32(42)46-33(4,5)6/h8,11-12,15-16,18-19,26H,1,9-10,13-14,17H2,2-7H3,(H,34,37)(H,36,42)(H,38,39). The van der Waals surface area contributed by atoms with Gasteiger partial charge in [-0.05, 0) is 69.7 Å². The van der Waals surface area contributed by atoms with Crippen LogP contribution in [0.15, 0.2) is 30.8 Å². The molecule has 0 saturated heterocycles. The van der Waals surface area contributed by atoms with Crippen LogP contribution in [-0.2, 0) is 19.0 Å². The maximum absolute atomic E-state index is 13.4. The molecule has 1 aromatic heterocycles. The molecular formula is C33H41N3O10. The van der Waals surface area contributed by atoms with Crippen molar-refractivity contribution in [1.82, 2.24) is 15.6 Å². The first kappa shape index (κ1) is 35.5. The van der Waals surface area contributed by atoms with Crippen LogP contribution < -0.4 is 15.4 Å². The lowest BCUT2D eigenvalue weighted by molar-refractivity contribution is -0.148. The Hall–Kier alpha value is -4.94. The van der Waals surface area contributed by atoms with E-state index in [0.717, 1.165) is 12.8 Å². The van der Waals surface area contributed by atoms with E-state index in [1.54, 1.807) is 34.6 Å². The third-order valence-electron chi connectivity index (χ3n) is 6.83. The highest BCUT2D eigenvalue weighted by Gasteiger charge is 2.29. The van der Waals surface area contributed by atoms with Crippen molar-refractivity contribution in [2.45, 2.75) is 59.1 Å². The summed E-state index contributed by atoms with van der Waals surface area (Å²) >= 11 is 0. The molecule has 1 heterocycles. The average Bonchev–Trinajstić information content (AvgIpc) is 3.83. The number of benzene rings is 1. The van der Waals surface area contributed by atoms with Gasteiger partial charge in [0, 0.05) is 23.2 Å². The summed E-state index contributed by atoms with van der Waals surface area (Å²) < 4.78 is 21.2. The predicted octanol–water partition coefficient (Wildman–Crippen LogP) is 4.49. The van der Waals surface area contributed by atoms with Crippen molar-refractivity contribution in [1.29, 1.82) is 0 Å². The van der Waals surface area contributed by atoms with Crippen molar-refractivity contribution in [2.75, 3.05) is 26.9 Å². The monoisotopic (exact) mass is 639 g/mol. The number of methoxy groups -OCH3 is 1. The topological polar surface area (TPSA) is 179 Å². The van der Waals surface area contributed by atoms with Crippen LogP contribution in [0.2, 0.25) is 0 Å². The number of aromatic carboxylic acids is 1. The number of rotatable bonds is 14. The minimum Gasteiger partial charge on any atom is -0.496 e. The van der Waals surface area contributed by atoms with Crippen molar-refractivity contribution in [2.24, 2.45) is 11.8 Å². The molecule has 13 heteroatoms. The number of amides is 2. The molecular weight excluding hydrogens is 598 g/mol. The Balaban J connectivity index is 1.83. The molecule has 1 aromatic carbocycles. The summed E-state index contributed by atoms with van der Waals surface area (Å²) in [6, 6.07) is 4.57.